The van der Waals surface area contributed by atoms with Gasteiger partial charge in [-0.25, -0.2) is 0 Å². The van der Waals surface area contributed by atoms with E-state index in [0.29, 0.717) is 5.56 Å². The first-order chi connectivity index (χ1) is 13.0. The molecule has 27 heavy (non-hydrogen) atoms. The molecule has 1 amide bonds. The van der Waals surface area contributed by atoms with Crippen LogP contribution in [0.4, 0.5) is 11.4 Å². The van der Waals surface area contributed by atoms with Crippen LogP contribution in [0.25, 0.3) is 6.08 Å². The number of thiocarbonyl (C=S) groups is 1. The zero-order valence-corrected chi connectivity index (χ0v) is 15.8. The fourth-order valence-corrected chi connectivity index (χ4v) is 2.58. The number of carbonyl (C=O) groups excluding carboxylic acids is 1. The number of anilines is 1. The molecule has 0 aliphatic rings. The van der Waals surface area contributed by atoms with Gasteiger partial charge in [0, 0.05) is 23.9 Å². The van der Waals surface area contributed by atoms with Crippen LogP contribution in [0.15, 0.2) is 54.6 Å². The Morgan fingerprint density at radius 1 is 1.22 bits per heavy atom. The van der Waals surface area contributed by atoms with Crippen molar-refractivity contribution < 1.29 is 9.72 Å². The van der Waals surface area contributed by atoms with Gasteiger partial charge in [-0.3, -0.25) is 20.2 Å². The van der Waals surface area contributed by atoms with Crippen LogP contribution in [0.3, 0.4) is 0 Å². The Kier molecular flexibility index (Phi) is 7.63. The van der Waals surface area contributed by atoms with Crippen LogP contribution in [-0.2, 0) is 11.2 Å². The molecule has 140 valence electrons. The first-order valence-electron chi connectivity index (χ1n) is 8.61. The normalized spacial score (nSPS) is 10.6. The molecule has 2 aromatic rings. The molecule has 0 heterocycles. The Balaban J connectivity index is 1.87. The number of non-ortho nitro benzene ring substituents is 1. The van der Waals surface area contributed by atoms with Gasteiger partial charge in [-0.05, 0) is 54.4 Å². The Labute approximate surface area is 163 Å². The van der Waals surface area contributed by atoms with Crippen molar-refractivity contribution in [1.29, 1.82) is 0 Å². The van der Waals surface area contributed by atoms with Gasteiger partial charge in [-0.1, -0.05) is 37.6 Å². The van der Waals surface area contributed by atoms with Crippen molar-refractivity contribution in [3.8, 4) is 0 Å². The van der Waals surface area contributed by atoms with Crippen LogP contribution >= 0.6 is 12.2 Å². The van der Waals surface area contributed by atoms with Crippen LogP contribution in [-0.4, -0.2) is 15.9 Å². The molecule has 0 spiro atoms. The monoisotopic (exact) mass is 383 g/mol. The molecular weight excluding hydrogens is 362 g/mol. The largest absolute Gasteiger partial charge is 0.332 e. The molecule has 7 heteroatoms. The second kappa shape index (κ2) is 10.2. The van der Waals surface area contributed by atoms with Crippen molar-refractivity contribution >= 4 is 40.7 Å². The van der Waals surface area contributed by atoms with Crippen molar-refractivity contribution in [3.05, 3.63) is 75.8 Å². The maximum atomic E-state index is 11.9. The second-order valence-corrected chi connectivity index (χ2v) is 6.34. The number of aryl methyl sites for hydroxylation is 1. The molecule has 0 atom stereocenters. The average molecular weight is 383 g/mol. The number of rotatable bonds is 7. The van der Waals surface area contributed by atoms with Crippen molar-refractivity contribution in [2.45, 2.75) is 26.2 Å². The fourth-order valence-electron chi connectivity index (χ4n) is 2.37. The molecule has 2 N–H and O–H groups in total. The van der Waals surface area contributed by atoms with E-state index < -0.39 is 10.8 Å². The van der Waals surface area contributed by atoms with Gasteiger partial charge in [0.2, 0.25) is 5.91 Å². The summed E-state index contributed by atoms with van der Waals surface area (Å²) in [5.41, 5.74) is 2.58. The highest BCUT2D eigenvalue weighted by Gasteiger charge is 2.05. The third kappa shape index (κ3) is 6.99. The van der Waals surface area contributed by atoms with E-state index >= 15 is 0 Å². The molecule has 6 nitrogen and oxygen atoms in total. The lowest BCUT2D eigenvalue weighted by Crippen LogP contribution is -2.32. The summed E-state index contributed by atoms with van der Waals surface area (Å²) < 4.78 is 0. The number of hydrogen-bond donors (Lipinski definition) is 2. The molecular formula is C20H21N3O3S. The summed E-state index contributed by atoms with van der Waals surface area (Å²) in [5, 5.41) is 16.4. The highest BCUT2D eigenvalue weighted by Crippen LogP contribution is 2.14. The smallest absolute Gasteiger partial charge is 0.270 e. The lowest BCUT2D eigenvalue weighted by molar-refractivity contribution is -0.384. The van der Waals surface area contributed by atoms with Crippen LogP contribution in [0.1, 0.15) is 30.9 Å². The van der Waals surface area contributed by atoms with Crippen LogP contribution in [0.2, 0.25) is 0 Å². The number of nitrogens with zero attached hydrogens (tertiary/aromatic N) is 1. The Bertz CT molecular complexity index is 848. The van der Waals surface area contributed by atoms with Gasteiger partial charge in [-0.2, -0.15) is 0 Å². The molecule has 0 radical (unpaired) electrons. The minimum Gasteiger partial charge on any atom is -0.332 e. The van der Waals surface area contributed by atoms with Crippen molar-refractivity contribution in [1.82, 2.24) is 5.32 Å². The number of carbonyl (C=O) groups is 1. The van der Waals surface area contributed by atoms with Crippen molar-refractivity contribution in [3.63, 3.8) is 0 Å². The van der Waals surface area contributed by atoms with Gasteiger partial charge < -0.3 is 5.32 Å². The molecule has 0 aromatic heterocycles. The van der Waals surface area contributed by atoms with E-state index in [2.05, 4.69) is 17.6 Å². The highest BCUT2D eigenvalue weighted by atomic mass is 32.1. The number of nitro benzene ring substituents is 1. The first-order valence-corrected chi connectivity index (χ1v) is 9.02. The quantitative estimate of drug-likeness (QED) is 0.319. The maximum absolute atomic E-state index is 11.9. The lowest BCUT2D eigenvalue weighted by Gasteiger charge is -2.09. The third-order valence-corrected chi connectivity index (χ3v) is 3.98. The summed E-state index contributed by atoms with van der Waals surface area (Å²) in [5.74, 6) is -0.418. The SMILES string of the molecule is CCCCc1ccc(NC(=S)NC(=O)/C=C/c2cccc([N+](=O)[O-])c2)cc1. The summed E-state index contributed by atoms with van der Waals surface area (Å²) in [6.07, 6.45) is 6.12. The summed E-state index contributed by atoms with van der Waals surface area (Å²) in [6.45, 7) is 2.16. The minimum absolute atomic E-state index is 0.0304. The standard InChI is InChI=1S/C20H21N3O3S/c1-2-3-5-15-8-11-17(12-9-15)21-20(27)22-19(24)13-10-16-6-4-7-18(14-16)23(25)26/h4,6-14H,2-3,5H2,1H3,(H2,21,22,24,27)/b13-10+. The summed E-state index contributed by atoms with van der Waals surface area (Å²) in [4.78, 5) is 22.2. The molecule has 0 aliphatic heterocycles. The number of hydrogen-bond acceptors (Lipinski definition) is 4. The summed E-state index contributed by atoms with van der Waals surface area (Å²) in [7, 11) is 0. The topological polar surface area (TPSA) is 84.3 Å². The average Bonchev–Trinajstić information content (AvgIpc) is 2.66. The van der Waals surface area contributed by atoms with E-state index in [-0.39, 0.29) is 10.8 Å². The fraction of sp³-hybridized carbons (Fsp3) is 0.200. The first kappa shape index (κ1) is 20.3. The molecule has 2 rings (SSSR count). The van der Waals surface area contributed by atoms with Gasteiger partial charge >= 0.3 is 0 Å². The van der Waals surface area contributed by atoms with Crippen LogP contribution in [0.5, 0.6) is 0 Å². The van der Waals surface area contributed by atoms with Gasteiger partial charge in [0.25, 0.3) is 5.69 Å². The van der Waals surface area contributed by atoms with E-state index in [1.807, 2.05) is 24.3 Å². The minimum atomic E-state index is -0.482. The van der Waals surface area contributed by atoms with E-state index in [0.717, 1.165) is 24.9 Å². The molecule has 0 unspecified atom stereocenters. The molecule has 0 fully saturated rings. The zero-order valence-electron chi connectivity index (χ0n) is 15.0. The van der Waals surface area contributed by atoms with Crippen LogP contribution in [0, 0.1) is 10.1 Å². The number of benzene rings is 2. The molecule has 0 aliphatic carbocycles. The van der Waals surface area contributed by atoms with Gasteiger partial charge in [0.1, 0.15) is 0 Å². The van der Waals surface area contributed by atoms with E-state index in [9.17, 15) is 14.9 Å². The van der Waals surface area contributed by atoms with E-state index in [1.165, 1.54) is 29.8 Å². The van der Waals surface area contributed by atoms with Crippen molar-refractivity contribution in [2.75, 3.05) is 5.32 Å². The maximum Gasteiger partial charge on any atom is 0.270 e. The number of nitro groups is 1. The third-order valence-electron chi connectivity index (χ3n) is 3.78. The van der Waals surface area contributed by atoms with E-state index in [1.54, 1.807) is 12.1 Å². The molecule has 0 bridgehead atoms. The Hall–Kier alpha value is -3.06. The highest BCUT2D eigenvalue weighted by molar-refractivity contribution is 7.80. The van der Waals surface area contributed by atoms with Gasteiger partial charge in [0.15, 0.2) is 5.11 Å². The van der Waals surface area contributed by atoms with E-state index in [4.69, 9.17) is 12.2 Å². The molecule has 2 aromatic carbocycles. The van der Waals surface area contributed by atoms with Crippen LogP contribution < -0.4 is 10.6 Å². The van der Waals surface area contributed by atoms with Gasteiger partial charge in [-0.15, -0.1) is 0 Å². The summed E-state index contributed by atoms with van der Waals surface area (Å²) >= 11 is 5.13. The van der Waals surface area contributed by atoms with Gasteiger partial charge in [0.05, 0.1) is 4.92 Å². The molecule has 0 saturated carbocycles. The molecule has 0 saturated heterocycles. The number of unbranched alkanes of at least 4 members (excludes halogenated alkanes) is 1. The van der Waals surface area contributed by atoms with Crippen molar-refractivity contribution in [2.24, 2.45) is 0 Å². The zero-order chi connectivity index (χ0) is 19.6. The Morgan fingerprint density at radius 3 is 2.63 bits per heavy atom. The number of nitrogens with one attached hydrogen (secondary N) is 2. The Morgan fingerprint density at radius 2 is 1.96 bits per heavy atom. The number of amides is 1. The second-order valence-electron chi connectivity index (χ2n) is 5.93. The summed E-state index contributed by atoms with van der Waals surface area (Å²) in [6, 6.07) is 13.9. The lowest BCUT2D eigenvalue weighted by atomic mass is 10.1. The predicted octanol–water partition coefficient (Wildman–Crippen LogP) is 4.46. The predicted molar refractivity (Wildman–Crippen MR) is 112 cm³/mol.